The maximum absolute atomic E-state index is 12.9. The minimum Gasteiger partial charge on any atom is -0.481 e. The highest BCUT2D eigenvalue weighted by Gasteiger charge is 2.13. The van der Waals surface area contributed by atoms with Gasteiger partial charge in [-0.25, -0.2) is 9.37 Å². The Morgan fingerprint density at radius 2 is 2.16 bits per heavy atom. The van der Waals surface area contributed by atoms with E-state index in [1.54, 1.807) is 24.5 Å². The topological polar surface area (TPSA) is 55.1 Å². The van der Waals surface area contributed by atoms with Gasteiger partial charge in [0, 0.05) is 12.4 Å². The summed E-state index contributed by atoms with van der Waals surface area (Å²) in [6, 6.07) is 6.22. The first-order chi connectivity index (χ1) is 9.08. The molecule has 0 spiro atoms. The lowest BCUT2D eigenvalue weighted by Gasteiger charge is -2.16. The predicted octanol–water partition coefficient (Wildman–Crippen LogP) is 2.81. The Bertz CT molecular complexity index is 568. The molecule has 0 aliphatic rings. The molecule has 2 aromatic rings. The number of aromatic nitrogens is 2. The number of carboxylic acids is 1. The number of aliphatic carboxylic acids is 1. The van der Waals surface area contributed by atoms with Gasteiger partial charge in [-0.15, -0.1) is 0 Å². The van der Waals surface area contributed by atoms with Gasteiger partial charge in [0.25, 0.3) is 0 Å². The SMILES string of the molecule is CC(c1ccc(F)cc1)n1ccnc1SCC(=O)O. The Hall–Kier alpha value is -1.82. The number of imidazole rings is 1. The molecule has 2 rings (SSSR count). The van der Waals surface area contributed by atoms with Crippen LogP contribution in [0, 0.1) is 5.82 Å². The van der Waals surface area contributed by atoms with E-state index in [9.17, 15) is 9.18 Å². The molecule has 1 unspecified atom stereocenters. The third kappa shape index (κ3) is 3.35. The Morgan fingerprint density at radius 3 is 2.79 bits per heavy atom. The van der Waals surface area contributed by atoms with E-state index in [1.165, 1.54) is 23.9 Å². The maximum Gasteiger partial charge on any atom is 0.313 e. The summed E-state index contributed by atoms with van der Waals surface area (Å²) in [5.41, 5.74) is 0.941. The van der Waals surface area contributed by atoms with Gasteiger partial charge in [-0.05, 0) is 24.6 Å². The maximum atomic E-state index is 12.9. The lowest BCUT2D eigenvalue weighted by molar-refractivity contribution is -0.133. The van der Waals surface area contributed by atoms with E-state index in [0.29, 0.717) is 5.16 Å². The van der Waals surface area contributed by atoms with Crippen LogP contribution in [0.3, 0.4) is 0 Å². The first kappa shape index (κ1) is 13.6. The fourth-order valence-corrected chi connectivity index (χ4v) is 2.49. The number of carboxylic acid groups (broad SMARTS) is 1. The predicted molar refractivity (Wildman–Crippen MR) is 70.8 cm³/mol. The van der Waals surface area contributed by atoms with E-state index in [-0.39, 0.29) is 17.6 Å². The van der Waals surface area contributed by atoms with E-state index in [4.69, 9.17) is 5.11 Å². The summed E-state index contributed by atoms with van der Waals surface area (Å²) >= 11 is 1.17. The smallest absolute Gasteiger partial charge is 0.313 e. The summed E-state index contributed by atoms with van der Waals surface area (Å²) in [5, 5.41) is 9.33. The highest BCUT2D eigenvalue weighted by molar-refractivity contribution is 7.99. The molecule has 1 aromatic carbocycles. The molecule has 0 amide bonds. The molecular weight excluding hydrogens is 267 g/mol. The minimum absolute atomic E-state index is 0.0283. The lowest BCUT2D eigenvalue weighted by Crippen LogP contribution is -2.08. The summed E-state index contributed by atoms with van der Waals surface area (Å²) in [4.78, 5) is 14.7. The van der Waals surface area contributed by atoms with Crippen LogP contribution in [-0.4, -0.2) is 26.4 Å². The first-order valence-corrected chi connectivity index (χ1v) is 6.69. The summed E-state index contributed by atoms with van der Waals surface area (Å²) < 4.78 is 14.8. The second-order valence-electron chi connectivity index (χ2n) is 4.03. The molecule has 1 N–H and O–H groups in total. The van der Waals surface area contributed by atoms with Crippen molar-refractivity contribution in [2.24, 2.45) is 0 Å². The standard InChI is InChI=1S/C13H13FN2O2S/c1-9(10-2-4-11(14)5-3-10)16-7-6-15-13(16)19-8-12(17)18/h2-7,9H,8H2,1H3,(H,17,18). The van der Waals surface area contributed by atoms with Crippen molar-refractivity contribution in [1.29, 1.82) is 0 Å². The van der Waals surface area contributed by atoms with Gasteiger partial charge in [0.1, 0.15) is 5.82 Å². The van der Waals surface area contributed by atoms with Crippen molar-refractivity contribution < 1.29 is 14.3 Å². The van der Waals surface area contributed by atoms with Crippen LogP contribution in [0.5, 0.6) is 0 Å². The average Bonchev–Trinajstić information content (AvgIpc) is 2.84. The largest absolute Gasteiger partial charge is 0.481 e. The van der Waals surface area contributed by atoms with Crippen molar-refractivity contribution >= 4 is 17.7 Å². The summed E-state index contributed by atoms with van der Waals surface area (Å²) in [5.74, 6) is -1.19. The molecule has 0 saturated heterocycles. The minimum atomic E-state index is -0.881. The number of carbonyl (C=O) groups is 1. The van der Waals surface area contributed by atoms with Gasteiger partial charge < -0.3 is 9.67 Å². The van der Waals surface area contributed by atoms with Gasteiger partial charge in [0.05, 0.1) is 11.8 Å². The van der Waals surface area contributed by atoms with Crippen molar-refractivity contribution in [2.75, 3.05) is 5.75 Å². The monoisotopic (exact) mass is 280 g/mol. The number of halogens is 1. The van der Waals surface area contributed by atoms with Crippen LogP contribution in [0.4, 0.5) is 4.39 Å². The molecule has 0 aliphatic heterocycles. The number of benzene rings is 1. The van der Waals surface area contributed by atoms with Crippen LogP contribution >= 0.6 is 11.8 Å². The molecule has 0 aliphatic carbocycles. The second kappa shape index (κ2) is 5.88. The molecule has 0 radical (unpaired) electrons. The van der Waals surface area contributed by atoms with Crippen LogP contribution in [0.2, 0.25) is 0 Å². The number of thioether (sulfide) groups is 1. The number of nitrogens with zero attached hydrogens (tertiary/aromatic N) is 2. The van der Waals surface area contributed by atoms with Crippen molar-refractivity contribution in [3.8, 4) is 0 Å². The van der Waals surface area contributed by atoms with Gasteiger partial charge in [-0.1, -0.05) is 23.9 Å². The van der Waals surface area contributed by atoms with Gasteiger partial charge in [-0.2, -0.15) is 0 Å². The highest BCUT2D eigenvalue weighted by Crippen LogP contribution is 2.24. The molecule has 1 aromatic heterocycles. The van der Waals surface area contributed by atoms with E-state index in [1.807, 2.05) is 11.5 Å². The molecule has 0 fully saturated rings. The first-order valence-electron chi connectivity index (χ1n) is 5.71. The van der Waals surface area contributed by atoms with E-state index in [2.05, 4.69) is 4.98 Å². The van der Waals surface area contributed by atoms with Crippen LogP contribution in [0.1, 0.15) is 18.5 Å². The fraction of sp³-hybridized carbons (Fsp3) is 0.231. The quantitative estimate of drug-likeness (QED) is 0.856. The van der Waals surface area contributed by atoms with Gasteiger partial charge in [-0.3, -0.25) is 4.79 Å². The Balaban J connectivity index is 2.19. The normalized spacial score (nSPS) is 12.3. The van der Waals surface area contributed by atoms with Crippen molar-refractivity contribution in [3.05, 3.63) is 48.0 Å². The molecule has 19 heavy (non-hydrogen) atoms. The summed E-state index contributed by atoms with van der Waals surface area (Å²) in [6.07, 6.45) is 3.42. The Kier molecular flexibility index (Phi) is 4.21. The number of rotatable bonds is 5. The van der Waals surface area contributed by atoms with Crippen LogP contribution in [0.15, 0.2) is 41.8 Å². The highest BCUT2D eigenvalue weighted by atomic mass is 32.2. The molecule has 1 atom stereocenters. The number of hydrogen-bond donors (Lipinski definition) is 1. The third-order valence-corrected chi connectivity index (χ3v) is 3.69. The second-order valence-corrected chi connectivity index (χ2v) is 4.97. The summed E-state index contributed by atoms with van der Waals surface area (Å²) in [7, 11) is 0. The summed E-state index contributed by atoms with van der Waals surface area (Å²) in [6.45, 7) is 1.96. The van der Waals surface area contributed by atoms with Crippen molar-refractivity contribution in [3.63, 3.8) is 0 Å². The molecule has 0 saturated carbocycles. The molecule has 0 bridgehead atoms. The molecule has 6 heteroatoms. The fourth-order valence-electron chi connectivity index (χ4n) is 1.73. The van der Waals surface area contributed by atoms with Crippen LogP contribution in [0.25, 0.3) is 0 Å². The van der Waals surface area contributed by atoms with E-state index < -0.39 is 5.97 Å². The lowest BCUT2D eigenvalue weighted by atomic mass is 10.1. The Morgan fingerprint density at radius 1 is 1.47 bits per heavy atom. The zero-order chi connectivity index (χ0) is 13.8. The average molecular weight is 280 g/mol. The van der Waals surface area contributed by atoms with Gasteiger partial charge in [0.15, 0.2) is 5.16 Å². The van der Waals surface area contributed by atoms with Gasteiger partial charge in [0.2, 0.25) is 0 Å². The zero-order valence-electron chi connectivity index (χ0n) is 10.3. The van der Waals surface area contributed by atoms with Crippen molar-refractivity contribution in [2.45, 2.75) is 18.1 Å². The van der Waals surface area contributed by atoms with Crippen molar-refractivity contribution in [1.82, 2.24) is 9.55 Å². The van der Waals surface area contributed by atoms with E-state index in [0.717, 1.165) is 5.56 Å². The van der Waals surface area contributed by atoms with Gasteiger partial charge >= 0.3 is 5.97 Å². The van der Waals surface area contributed by atoms with E-state index >= 15 is 0 Å². The number of hydrogen-bond acceptors (Lipinski definition) is 3. The Labute approximate surface area is 114 Å². The van der Waals surface area contributed by atoms with Crippen LogP contribution < -0.4 is 0 Å². The molecule has 1 heterocycles. The molecular formula is C13H13FN2O2S. The zero-order valence-corrected chi connectivity index (χ0v) is 11.1. The molecule has 4 nitrogen and oxygen atoms in total. The van der Waals surface area contributed by atoms with Crippen LogP contribution in [-0.2, 0) is 4.79 Å². The molecule has 100 valence electrons. The third-order valence-electron chi connectivity index (χ3n) is 2.73.